The van der Waals surface area contributed by atoms with Gasteiger partial charge in [-0.15, -0.1) is 0 Å². The molecule has 31 heavy (non-hydrogen) atoms. The highest BCUT2D eigenvalue weighted by atomic mass is 35.5. The first-order chi connectivity index (χ1) is 14.0. The van der Waals surface area contributed by atoms with Crippen LogP contribution in [0.3, 0.4) is 0 Å². The van der Waals surface area contributed by atoms with E-state index in [0.717, 1.165) is 21.9 Å². The Kier molecular flexibility index (Phi) is 6.92. The number of rotatable bonds is 3. The third-order valence-electron chi connectivity index (χ3n) is 5.45. The molecule has 1 aromatic carbocycles. The molecule has 3 unspecified atom stereocenters. The van der Waals surface area contributed by atoms with Crippen LogP contribution in [0.15, 0.2) is 18.2 Å². The highest BCUT2D eigenvalue weighted by Gasteiger charge is 2.57. The van der Waals surface area contributed by atoms with Gasteiger partial charge in [0.15, 0.2) is 0 Å². The van der Waals surface area contributed by atoms with Crippen LogP contribution in [0.2, 0.25) is 5.02 Å². The van der Waals surface area contributed by atoms with Crippen molar-refractivity contribution in [3.05, 3.63) is 28.8 Å². The summed E-state index contributed by atoms with van der Waals surface area (Å²) in [5, 5.41) is 9.31. The molecule has 3 atom stereocenters. The van der Waals surface area contributed by atoms with Gasteiger partial charge in [0.25, 0.3) is 5.91 Å². The van der Waals surface area contributed by atoms with Gasteiger partial charge in [-0.25, -0.2) is 0 Å². The van der Waals surface area contributed by atoms with E-state index in [-0.39, 0.29) is 30.2 Å². The normalized spacial score (nSPS) is 22.1. The maximum Gasteiger partial charge on any atom is 0.426 e. The van der Waals surface area contributed by atoms with Gasteiger partial charge in [-0.1, -0.05) is 18.5 Å². The molecule has 1 aliphatic heterocycles. The van der Waals surface area contributed by atoms with Crippen LogP contribution in [0.5, 0.6) is 0 Å². The van der Waals surface area contributed by atoms with Crippen molar-refractivity contribution in [3.8, 4) is 0 Å². The van der Waals surface area contributed by atoms with Gasteiger partial charge in [0.1, 0.15) is 0 Å². The molecule has 2 rings (SSSR count). The summed E-state index contributed by atoms with van der Waals surface area (Å²) in [6.45, 7) is 1.54. The van der Waals surface area contributed by atoms with E-state index in [2.05, 4.69) is 0 Å². The maximum absolute atomic E-state index is 12.9. The highest BCUT2D eigenvalue weighted by molar-refractivity contribution is 6.33. The Morgan fingerprint density at radius 2 is 1.77 bits per heavy atom. The van der Waals surface area contributed by atoms with Crippen LogP contribution >= 0.6 is 11.6 Å². The molecule has 0 aliphatic carbocycles. The summed E-state index contributed by atoms with van der Waals surface area (Å²) in [7, 11) is 1.33. The number of hydrogen-bond acceptors (Lipinski definition) is 3. The number of piperidine rings is 1. The summed E-state index contributed by atoms with van der Waals surface area (Å²) < 4.78 is 77.2. The molecule has 1 heterocycles. The number of amides is 2. The van der Waals surface area contributed by atoms with Crippen molar-refractivity contribution in [1.29, 1.82) is 0 Å². The Morgan fingerprint density at radius 1 is 1.19 bits per heavy atom. The number of likely N-dealkylation sites (tertiary alicyclic amines) is 1. The predicted octanol–water partition coefficient (Wildman–Crippen LogP) is 4.12. The lowest BCUT2D eigenvalue weighted by atomic mass is 9.85. The van der Waals surface area contributed by atoms with Crippen LogP contribution in [0, 0.1) is 11.8 Å². The Morgan fingerprint density at radius 3 is 2.23 bits per heavy atom. The molecule has 1 saturated heterocycles. The Bertz CT molecular complexity index is 856. The lowest BCUT2D eigenvalue weighted by Gasteiger charge is -2.40. The van der Waals surface area contributed by atoms with Gasteiger partial charge in [-0.3, -0.25) is 9.59 Å². The van der Waals surface area contributed by atoms with E-state index in [9.17, 15) is 41.0 Å². The molecule has 0 radical (unpaired) electrons. The van der Waals surface area contributed by atoms with Gasteiger partial charge in [-0.2, -0.15) is 26.3 Å². The van der Waals surface area contributed by atoms with Crippen molar-refractivity contribution in [3.63, 3.8) is 0 Å². The monoisotopic (exact) mass is 474 g/mol. The molecule has 1 N–H and O–H groups in total. The Labute approximate surface area is 179 Å². The standard InChI is InChI=1S/C19H21ClF6N2O3/c1-10-9-28(16(30)17(2,31)19(24,25)26)7-6-12(10)15(29)27(3)14-5-4-11(8-13(14)20)18(21,22)23/h4-5,8,10,12,31H,6-7,9H2,1-3H3. The average molecular weight is 475 g/mol. The van der Waals surface area contributed by atoms with Crippen molar-refractivity contribution in [2.45, 2.75) is 38.2 Å². The molecule has 12 heteroatoms. The van der Waals surface area contributed by atoms with Crippen molar-refractivity contribution < 1.29 is 41.0 Å². The number of benzene rings is 1. The number of aliphatic hydroxyl groups is 1. The average Bonchev–Trinajstić information content (AvgIpc) is 2.64. The first-order valence-electron chi connectivity index (χ1n) is 9.21. The zero-order valence-corrected chi connectivity index (χ0v) is 17.6. The summed E-state index contributed by atoms with van der Waals surface area (Å²) in [6.07, 6.45) is -9.74. The van der Waals surface area contributed by atoms with Gasteiger partial charge >= 0.3 is 12.4 Å². The van der Waals surface area contributed by atoms with Crippen molar-refractivity contribution >= 4 is 29.1 Å². The van der Waals surface area contributed by atoms with E-state index in [4.69, 9.17) is 11.6 Å². The zero-order chi connectivity index (χ0) is 23.9. The number of nitrogens with zero attached hydrogens (tertiary/aromatic N) is 2. The minimum Gasteiger partial charge on any atom is -0.373 e. The molecule has 0 saturated carbocycles. The smallest absolute Gasteiger partial charge is 0.373 e. The molecule has 1 fully saturated rings. The van der Waals surface area contributed by atoms with Gasteiger partial charge in [0.2, 0.25) is 11.5 Å². The van der Waals surface area contributed by atoms with Crippen LogP contribution in [0.25, 0.3) is 0 Å². The Hall–Kier alpha value is -2.01. The topological polar surface area (TPSA) is 60.9 Å². The van der Waals surface area contributed by atoms with Gasteiger partial charge in [0, 0.05) is 26.1 Å². The minimum atomic E-state index is -5.15. The fourth-order valence-electron chi connectivity index (χ4n) is 3.45. The second-order valence-electron chi connectivity index (χ2n) is 7.75. The second kappa shape index (κ2) is 8.50. The van der Waals surface area contributed by atoms with Crippen molar-refractivity contribution in [2.24, 2.45) is 11.8 Å². The molecule has 5 nitrogen and oxygen atoms in total. The van der Waals surface area contributed by atoms with Gasteiger partial charge < -0.3 is 14.9 Å². The van der Waals surface area contributed by atoms with E-state index >= 15 is 0 Å². The maximum atomic E-state index is 12.9. The number of halogens is 7. The van der Waals surface area contributed by atoms with Crippen molar-refractivity contribution in [1.82, 2.24) is 4.90 Å². The second-order valence-corrected chi connectivity index (χ2v) is 8.16. The largest absolute Gasteiger partial charge is 0.426 e. The lowest BCUT2D eigenvalue weighted by Crippen LogP contribution is -2.59. The number of carbonyl (C=O) groups excluding carboxylic acids is 2. The van der Waals surface area contributed by atoms with E-state index in [1.54, 1.807) is 6.92 Å². The van der Waals surface area contributed by atoms with E-state index < -0.39 is 47.2 Å². The first-order valence-corrected chi connectivity index (χ1v) is 9.59. The highest BCUT2D eigenvalue weighted by Crippen LogP contribution is 2.37. The zero-order valence-electron chi connectivity index (χ0n) is 16.8. The van der Waals surface area contributed by atoms with Gasteiger partial charge in [0.05, 0.1) is 16.3 Å². The number of alkyl halides is 6. The summed E-state index contributed by atoms with van der Waals surface area (Å²) in [6, 6.07) is 2.55. The molecule has 0 spiro atoms. The quantitative estimate of drug-likeness (QED) is 0.670. The minimum absolute atomic E-state index is 0.0161. The van der Waals surface area contributed by atoms with Crippen LogP contribution in [0.4, 0.5) is 32.0 Å². The van der Waals surface area contributed by atoms with Crippen LogP contribution < -0.4 is 4.90 Å². The number of hydrogen-bond donors (Lipinski definition) is 1. The first kappa shape index (κ1) is 25.3. The lowest BCUT2D eigenvalue weighted by molar-refractivity contribution is -0.251. The molecule has 1 aromatic rings. The molecular formula is C19H21ClF6N2O3. The van der Waals surface area contributed by atoms with Crippen molar-refractivity contribution in [2.75, 3.05) is 25.0 Å². The van der Waals surface area contributed by atoms with Crippen LogP contribution in [0.1, 0.15) is 25.8 Å². The number of anilines is 1. The summed E-state index contributed by atoms with van der Waals surface area (Å²) in [5.74, 6) is -3.27. The van der Waals surface area contributed by atoms with E-state index in [0.29, 0.717) is 13.0 Å². The molecule has 0 aromatic heterocycles. The van der Waals surface area contributed by atoms with Gasteiger partial charge in [-0.05, 0) is 37.5 Å². The molecule has 1 aliphatic rings. The third kappa shape index (κ3) is 5.08. The van der Waals surface area contributed by atoms with E-state index in [1.807, 2.05) is 0 Å². The molecule has 0 bridgehead atoms. The van der Waals surface area contributed by atoms with E-state index in [1.165, 1.54) is 7.05 Å². The summed E-state index contributed by atoms with van der Waals surface area (Å²) in [4.78, 5) is 27.0. The molecule has 174 valence electrons. The predicted molar refractivity (Wildman–Crippen MR) is 100 cm³/mol. The fourth-order valence-corrected chi connectivity index (χ4v) is 3.76. The summed E-state index contributed by atoms with van der Waals surface area (Å²) >= 11 is 5.93. The Balaban J connectivity index is 2.14. The molecule has 2 amide bonds. The van der Waals surface area contributed by atoms with Crippen LogP contribution in [-0.2, 0) is 15.8 Å². The molecular weight excluding hydrogens is 454 g/mol. The fraction of sp³-hybridized carbons (Fsp3) is 0.579. The third-order valence-corrected chi connectivity index (χ3v) is 5.75. The number of carbonyl (C=O) groups is 2. The van der Waals surface area contributed by atoms with Crippen LogP contribution in [-0.4, -0.2) is 53.7 Å². The SMILES string of the molecule is CC1CN(C(=O)C(C)(O)C(F)(F)F)CCC1C(=O)N(C)c1ccc(C(F)(F)F)cc1Cl. The summed E-state index contributed by atoms with van der Waals surface area (Å²) in [5.41, 5.74) is -4.47.